The second-order valence-electron chi connectivity index (χ2n) is 3.17. The Morgan fingerprint density at radius 2 is 1.79 bits per heavy atom. The highest BCUT2D eigenvalue weighted by atomic mass is 35.5. The van der Waals surface area contributed by atoms with Gasteiger partial charge in [0.2, 0.25) is 0 Å². The molecule has 0 unspecified atom stereocenters. The molecular formula is C12H9Cl2. The maximum Gasteiger partial charge on any atom is 0.0485 e. The number of fused-ring (bicyclic) bond motifs is 1. The maximum atomic E-state index is 6.09. The van der Waals surface area contributed by atoms with Gasteiger partial charge in [0.1, 0.15) is 0 Å². The third-order valence-corrected chi connectivity index (χ3v) is 2.94. The van der Waals surface area contributed by atoms with Crippen molar-refractivity contribution in [1.29, 1.82) is 0 Å². The standard InChI is InChI=1S/C12H9Cl2/c1-2-8-3-4-9-10(7-8)12(14)6-5-11(9)13/h4-7H,2H2,1H3. The Balaban J connectivity index is 2.80. The quantitative estimate of drug-likeness (QED) is 0.668. The second-order valence-corrected chi connectivity index (χ2v) is 3.98. The summed E-state index contributed by atoms with van der Waals surface area (Å²) >= 11 is 12.1. The molecule has 0 spiro atoms. The van der Waals surface area contributed by atoms with Crippen molar-refractivity contribution in [2.45, 2.75) is 13.3 Å². The van der Waals surface area contributed by atoms with E-state index in [-0.39, 0.29) is 0 Å². The molecule has 0 saturated heterocycles. The zero-order valence-corrected chi connectivity index (χ0v) is 9.28. The lowest BCUT2D eigenvalue weighted by atomic mass is 10.1. The van der Waals surface area contributed by atoms with Crippen LogP contribution in [0.4, 0.5) is 0 Å². The molecule has 0 N–H and O–H groups in total. The van der Waals surface area contributed by atoms with Crippen LogP contribution in [-0.4, -0.2) is 0 Å². The Bertz CT molecular complexity index is 475. The van der Waals surface area contributed by atoms with Crippen LogP contribution in [0.1, 0.15) is 12.5 Å². The van der Waals surface area contributed by atoms with Crippen molar-refractivity contribution >= 4 is 34.0 Å². The molecule has 0 aromatic heterocycles. The fraction of sp³-hybridized carbons (Fsp3) is 0.167. The van der Waals surface area contributed by atoms with Gasteiger partial charge in [-0.2, -0.15) is 0 Å². The smallest absolute Gasteiger partial charge is 0.0485 e. The van der Waals surface area contributed by atoms with E-state index < -0.39 is 0 Å². The van der Waals surface area contributed by atoms with Crippen molar-refractivity contribution in [3.63, 3.8) is 0 Å². The molecule has 2 aromatic rings. The summed E-state index contributed by atoms with van der Waals surface area (Å²) in [5.74, 6) is 0. The Kier molecular flexibility index (Phi) is 2.66. The largest absolute Gasteiger partial charge is 0.0837 e. The van der Waals surface area contributed by atoms with Gasteiger partial charge in [0.15, 0.2) is 0 Å². The fourth-order valence-corrected chi connectivity index (χ4v) is 1.90. The van der Waals surface area contributed by atoms with E-state index in [9.17, 15) is 0 Å². The summed E-state index contributed by atoms with van der Waals surface area (Å²) in [5.41, 5.74) is 1.15. The average molecular weight is 224 g/mol. The maximum absolute atomic E-state index is 6.09. The lowest BCUT2D eigenvalue weighted by Crippen LogP contribution is -1.82. The van der Waals surface area contributed by atoms with Gasteiger partial charge in [-0.15, -0.1) is 0 Å². The van der Waals surface area contributed by atoms with Gasteiger partial charge in [-0.25, -0.2) is 0 Å². The first-order chi connectivity index (χ1) is 6.72. The molecular weight excluding hydrogens is 215 g/mol. The van der Waals surface area contributed by atoms with E-state index in [0.717, 1.165) is 32.8 Å². The van der Waals surface area contributed by atoms with Crippen LogP contribution >= 0.6 is 23.2 Å². The van der Waals surface area contributed by atoms with Crippen molar-refractivity contribution in [2.24, 2.45) is 0 Å². The van der Waals surface area contributed by atoms with Crippen LogP contribution in [0.3, 0.4) is 0 Å². The van der Waals surface area contributed by atoms with Crippen molar-refractivity contribution < 1.29 is 0 Å². The first kappa shape index (κ1) is 9.82. The summed E-state index contributed by atoms with van der Waals surface area (Å²) in [7, 11) is 0. The fourth-order valence-electron chi connectivity index (χ4n) is 1.46. The SMILES string of the molecule is CCc1[c]cc2c(Cl)ccc(Cl)c2c1. The lowest BCUT2D eigenvalue weighted by molar-refractivity contribution is 1.14. The highest BCUT2D eigenvalue weighted by Crippen LogP contribution is 2.30. The van der Waals surface area contributed by atoms with Crippen LogP contribution in [0.15, 0.2) is 24.3 Å². The van der Waals surface area contributed by atoms with Crippen LogP contribution in [0.2, 0.25) is 10.0 Å². The molecule has 14 heavy (non-hydrogen) atoms. The van der Waals surface area contributed by atoms with Gasteiger partial charge >= 0.3 is 0 Å². The van der Waals surface area contributed by atoms with E-state index in [1.54, 1.807) is 0 Å². The first-order valence-electron chi connectivity index (χ1n) is 4.50. The minimum atomic E-state index is 0.725. The Labute approximate surface area is 93.4 Å². The number of aryl methyl sites for hydroxylation is 1. The molecule has 2 heteroatoms. The van der Waals surface area contributed by atoms with Crippen molar-refractivity contribution in [2.75, 3.05) is 0 Å². The zero-order chi connectivity index (χ0) is 10.1. The molecule has 0 aliphatic heterocycles. The molecule has 0 fully saturated rings. The molecule has 2 rings (SSSR count). The van der Waals surface area contributed by atoms with Gasteiger partial charge in [0.05, 0.1) is 0 Å². The number of halogens is 2. The van der Waals surface area contributed by atoms with Crippen molar-refractivity contribution in [1.82, 2.24) is 0 Å². The van der Waals surface area contributed by atoms with Gasteiger partial charge < -0.3 is 0 Å². The van der Waals surface area contributed by atoms with Crippen LogP contribution in [0, 0.1) is 6.07 Å². The molecule has 0 nitrogen and oxygen atoms in total. The van der Waals surface area contributed by atoms with E-state index >= 15 is 0 Å². The normalized spacial score (nSPS) is 10.8. The Hall–Kier alpha value is -0.720. The molecule has 0 atom stereocenters. The minimum absolute atomic E-state index is 0.725. The molecule has 0 aliphatic rings. The van der Waals surface area contributed by atoms with Crippen LogP contribution in [-0.2, 0) is 6.42 Å². The van der Waals surface area contributed by atoms with Crippen molar-refractivity contribution in [3.8, 4) is 0 Å². The Morgan fingerprint density at radius 3 is 2.43 bits per heavy atom. The number of benzene rings is 2. The Morgan fingerprint density at radius 1 is 1.14 bits per heavy atom. The highest BCUT2D eigenvalue weighted by molar-refractivity contribution is 6.40. The van der Waals surface area contributed by atoms with Gasteiger partial charge in [-0.3, -0.25) is 0 Å². The third-order valence-electron chi connectivity index (χ3n) is 2.28. The molecule has 0 saturated carbocycles. The molecule has 71 valence electrons. The number of rotatable bonds is 1. The van der Waals surface area contributed by atoms with E-state index in [2.05, 4.69) is 13.0 Å². The van der Waals surface area contributed by atoms with Gasteiger partial charge in [0, 0.05) is 20.8 Å². The molecule has 2 aromatic carbocycles. The lowest BCUT2D eigenvalue weighted by Gasteiger charge is -2.04. The van der Waals surface area contributed by atoms with Gasteiger partial charge in [-0.1, -0.05) is 30.1 Å². The molecule has 0 heterocycles. The van der Waals surface area contributed by atoms with E-state index in [1.165, 1.54) is 0 Å². The zero-order valence-electron chi connectivity index (χ0n) is 7.77. The highest BCUT2D eigenvalue weighted by Gasteiger charge is 2.03. The predicted octanol–water partition coefficient (Wildman–Crippen LogP) is 4.51. The summed E-state index contributed by atoms with van der Waals surface area (Å²) in [4.78, 5) is 0. The summed E-state index contributed by atoms with van der Waals surface area (Å²) in [6.07, 6.45) is 0.957. The molecule has 0 aliphatic carbocycles. The number of hydrogen-bond acceptors (Lipinski definition) is 0. The predicted molar refractivity (Wildman–Crippen MR) is 62.2 cm³/mol. The van der Waals surface area contributed by atoms with Gasteiger partial charge in [-0.05, 0) is 42.3 Å². The first-order valence-corrected chi connectivity index (χ1v) is 5.26. The van der Waals surface area contributed by atoms with Crippen LogP contribution in [0.25, 0.3) is 10.8 Å². The van der Waals surface area contributed by atoms with Crippen LogP contribution in [0.5, 0.6) is 0 Å². The van der Waals surface area contributed by atoms with E-state index in [0.29, 0.717) is 0 Å². The van der Waals surface area contributed by atoms with E-state index in [4.69, 9.17) is 23.2 Å². The summed E-state index contributed by atoms with van der Waals surface area (Å²) in [5, 5.41) is 3.45. The van der Waals surface area contributed by atoms with Crippen LogP contribution < -0.4 is 0 Å². The van der Waals surface area contributed by atoms with Crippen molar-refractivity contribution in [3.05, 3.63) is 45.9 Å². The second kappa shape index (κ2) is 3.80. The molecule has 0 amide bonds. The monoisotopic (exact) mass is 223 g/mol. The topological polar surface area (TPSA) is 0 Å². The third kappa shape index (κ3) is 1.60. The summed E-state index contributed by atoms with van der Waals surface area (Å²) in [6.45, 7) is 2.09. The average Bonchev–Trinajstić information content (AvgIpc) is 2.23. The molecule has 1 radical (unpaired) electrons. The van der Waals surface area contributed by atoms with E-state index in [1.807, 2.05) is 24.3 Å². The number of hydrogen-bond donors (Lipinski definition) is 0. The summed E-state index contributed by atoms with van der Waals surface area (Å²) < 4.78 is 0. The summed E-state index contributed by atoms with van der Waals surface area (Å²) in [6, 6.07) is 10.8. The minimum Gasteiger partial charge on any atom is -0.0837 e. The molecule has 0 bridgehead atoms. The van der Waals surface area contributed by atoms with Gasteiger partial charge in [0.25, 0.3) is 0 Å².